The highest BCUT2D eigenvalue weighted by Crippen LogP contribution is 2.25. The fourth-order valence-corrected chi connectivity index (χ4v) is 2.23. The van der Waals surface area contributed by atoms with Gasteiger partial charge in [-0.3, -0.25) is 0 Å². The van der Waals surface area contributed by atoms with Crippen molar-refractivity contribution in [3.05, 3.63) is 59.7 Å². The van der Waals surface area contributed by atoms with Gasteiger partial charge in [0.15, 0.2) is 11.5 Å². The largest absolute Gasteiger partial charge is 0.493 e. The van der Waals surface area contributed by atoms with Crippen LogP contribution in [-0.2, 0) is 0 Å². The first-order valence-electron chi connectivity index (χ1n) is 7.26. The first kappa shape index (κ1) is 15.4. The van der Waals surface area contributed by atoms with Crippen LogP contribution in [0.1, 0.15) is 24.1 Å². The van der Waals surface area contributed by atoms with Gasteiger partial charge >= 0.3 is 0 Å². The van der Waals surface area contributed by atoms with Crippen LogP contribution >= 0.6 is 0 Å². The molecule has 0 unspecified atom stereocenters. The molecule has 0 bridgehead atoms. The van der Waals surface area contributed by atoms with Gasteiger partial charge in [-0.2, -0.15) is 0 Å². The summed E-state index contributed by atoms with van der Waals surface area (Å²) in [5.41, 5.74) is 2.58. The molecule has 2 aromatic rings. The third-order valence-corrected chi connectivity index (χ3v) is 3.42. The molecule has 2 aromatic carbocycles. The summed E-state index contributed by atoms with van der Waals surface area (Å²) < 4.78 is 11.0. The number of methoxy groups -OCH3 is 1. The number of rotatable bonds is 7. The van der Waals surface area contributed by atoms with E-state index in [1.165, 1.54) is 11.1 Å². The topological polar surface area (TPSA) is 30.5 Å². The summed E-state index contributed by atoms with van der Waals surface area (Å²) in [4.78, 5) is 0. The van der Waals surface area contributed by atoms with Gasteiger partial charge in [0.2, 0.25) is 0 Å². The predicted octanol–water partition coefficient (Wildman–Crippen LogP) is 3.73. The van der Waals surface area contributed by atoms with E-state index in [0.29, 0.717) is 12.6 Å². The fraction of sp³-hybridized carbons (Fsp3) is 0.333. The lowest BCUT2D eigenvalue weighted by Gasteiger charge is -2.16. The van der Waals surface area contributed by atoms with Gasteiger partial charge in [-0.1, -0.05) is 42.0 Å². The Balaban J connectivity index is 1.79. The predicted molar refractivity (Wildman–Crippen MR) is 86.1 cm³/mol. The number of benzene rings is 2. The van der Waals surface area contributed by atoms with E-state index in [1.54, 1.807) is 7.11 Å². The Hall–Kier alpha value is -2.00. The van der Waals surface area contributed by atoms with E-state index in [2.05, 4.69) is 43.4 Å². The summed E-state index contributed by atoms with van der Waals surface area (Å²) in [6.45, 7) is 5.67. The zero-order valence-corrected chi connectivity index (χ0v) is 12.9. The van der Waals surface area contributed by atoms with Crippen LogP contribution in [0.5, 0.6) is 11.5 Å². The highest BCUT2D eigenvalue weighted by molar-refractivity contribution is 5.39. The van der Waals surface area contributed by atoms with Crippen molar-refractivity contribution in [2.45, 2.75) is 19.9 Å². The van der Waals surface area contributed by atoms with Crippen molar-refractivity contribution in [2.75, 3.05) is 20.3 Å². The quantitative estimate of drug-likeness (QED) is 0.786. The normalized spacial score (nSPS) is 12.0. The van der Waals surface area contributed by atoms with Crippen molar-refractivity contribution in [3.8, 4) is 11.5 Å². The van der Waals surface area contributed by atoms with Crippen molar-refractivity contribution in [2.24, 2.45) is 0 Å². The van der Waals surface area contributed by atoms with Gasteiger partial charge in [0.1, 0.15) is 6.61 Å². The molecule has 0 saturated carbocycles. The molecule has 0 aliphatic heterocycles. The first-order chi connectivity index (χ1) is 10.2. The SMILES string of the molecule is COc1ccccc1OCCN[C@H](C)c1cccc(C)c1. The molecule has 0 heterocycles. The third kappa shape index (κ3) is 4.50. The minimum Gasteiger partial charge on any atom is -0.493 e. The van der Waals surface area contributed by atoms with Crippen molar-refractivity contribution >= 4 is 0 Å². The van der Waals surface area contributed by atoms with E-state index in [4.69, 9.17) is 9.47 Å². The van der Waals surface area contributed by atoms with E-state index in [-0.39, 0.29) is 0 Å². The van der Waals surface area contributed by atoms with Gasteiger partial charge in [-0.05, 0) is 31.5 Å². The summed E-state index contributed by atoms with van der Waals surface area (Å²) in [5.74, 6) is 1.55. The van der Waals surface area contributed by atoms with Crippen LogP contribution in [0.25, 0.3) is 0 Å². The highest BCUT2D eigenvalue weighted by Gasteiger charge is 2.05. The molecule has 0 saturated heterocycles. The van der Waals surface area contributed by atoms with E-state index in [9.17, 15) is 0 Å². The van der Waals surface area contributed by atoms with Crippen LogP contribution in [-0.4, -0.2) is 20.3 Å². The van der Waals surface area contributed by atoms with Gasteiger partial charge in [-0.15, -0.1) is 0 Å². The molecule has 1 atom stereocenters. The molecule has 0 radical (unpaired) electrons. The molecule has 0 spiro atoms. The van der Waals surface area contributed by atoms with Crippen LogP contribution in [0.4, 0.5) is 0 Å². The number of hydrogen-bond acceptors (Lipinski definition) is 3. The maximum absolute atomic E-state index is 5.75. The Bertz CT molecular complexity index is 569. The van der Waals surface area contributed by atoms with Gasteiger partial charge in [0.05, 0.1) is 7.11 Å². The lowest BCUT2D eigenvalue weighted by Crippen LogP contribution is -2.24. The van der Waals surface area contributed by atoms with Crippen LogP contribution < -0.4 is 14.8 Å². The summed E-state index contributed by atoms with van der Waals surface area (Å²) in [6, 6.07) is 16.6. The van der Waals surface area contributed by atoms with Crippen LogP contribution in [0.3, 0.4) is 0 Å². The number of ether oxygens (including phenoxy) is 2. The molecular weight excluding hydrogens is 262 g/mol. The van der Waals surface area contributed by atoms with Gasteiger partial charge in [0.25, 0.3) is 0 Å². The lowest BCUT2D eigenvalue weighted by molar-refractivity contribution is 0.288. The zero-order valence-electron chi connectivity index (χ0n) is 12.9. The van der Waals surface area contributed by atoms with Crippen LogP contribution in [0.2, 0.25) is 0 Å². The molecule has 0 fully saturated rings. The van der Waals surface area contributed by atoms with E-state index < -0.39 is 0 Å². The van der Waals surface area contributed by atoms with Crippen LogP contribution in [0, 0.1) is 6.92 Å². The van der Waals surface area contributed by atoms with E-state index in [0.717, 1.165) is 18.0 Å². The second-order valence-corrected chi connectivity index (χ2v) is 5.09. The van der Waals surface area contributed by atoms with Gasteiger partial charge in [-0.25, -0.2) is 0 Å². The third-order valence-electron chi connectivity index (χ3n) is 3.42. The average Bonchev–Trinajstić information content (AvgIpc) is 2.51. The molecule has 112 valence electrons. The molecule has 3 nitrogen and oxygen atoms in total. The lowest BCUT2D eigenvalue weighted by atomic mass is 10.1. The molecule has 0 aliphatic rings. The number of para-hydroxylation sites is 2. The fourth-order valence-electron chi connectivity index (χ4n) is 2.23. The number of nitrogens with one attached hydrogen (secondary N) is 1. The first-order valence-corrected chi connectivity index (χ1v) is 7.26. The average molecular weight is 285 g/mol. The molecule has 0 amide bonds. The molecule has 1 N–H and O–H groups in total. The minimum atomic E-state index is 0.311. The molecule has 0 aliphatic carbocycles. The Morgan fingerprint density at radius 2 is 1.81 bits per heavy atom. The van der Waals surface area contributed by atoms with Gasteiger partial charge in [0, 0.05) is 12.6 Å². The second-order valence-electron chi connectivity index (χ2n) is 5.09. The van der Waals surface area contributed by atoms with Crippen molar-refractivity contribution in [1.29, 1.82) is 0 Å². The molecule has 21 heavy (non-hydrogen) atoms. The maximum Gasteiger partial charge on any atom is 0.161 e. The Kier molecular flexibility index (Phi) is 5.64. The Morgan fingerprint density at radius 1 is 1.05 bits per heavy atom. The molecular formula is C18H23NO2. The molecule has 2 rings (SSSR count). The highest BCUT2D eigenvalue weighted by atomic mass is 16.5. The summed E-state index contributed by atoms with van der Waals surface area (Å²) in [5, 5.41) is 3.47. The smallest absolute Gasteiger partial charge is 0.161 e. The van der Waals surface area contributed by atoms with Gasteiger partial charge < -0.3 is 14.8 Å². The zero-order chi connectivity index (χ0) is 15.1. The molecule has 3 heteroatoms. The van der Waals surface area contributed by atoms with Crippen molar-refractivity contribution in [3.63, 3.8) is 0 Å². The van der Waals surface area contributed by atoms with Crippen LogP contribution in [0.15, 0.2) is 48.5 Å². The summed E-state index contributed by atoms with van der Waals surface area (Å²) in [7, 11) is 1.65. The van der Waals surface area contributed by atoms with Crippen molar-refractivity contribution in [1.82, 2.24) is 5.32 Å². The second kappa shape index (κ2) is 7.70. The monoisotopic (exact) mass is 285 g/mol. The standard InChI is InChI=1S/C18H23NO2/c1-14-7-6-8-16(13-14)15(2)19-11-12-21-18-10-5-4-9-17(18)20-3/h4-10,13,15,19H,11-12H2,1-3H3/t15-/m1/s1. The maximum atomic E-state index is 5.75. The summed E-state index contributed by atoms with van der Waals surface area (Å²) >= 11 is 0. The number of aryl methyl sites for hydroxylation is 1. The minimum absolute atomic E-state index is 0.311. The van der Waals surface area contributed by atoms with E-state index in [1.807, 2.05) is 24.3 Å². The Morgan fingerprint density at radius 3 is 2.52 bits per heavy atom. The number of hydrogen-bond donors (Lipinski definition) is 1. The summed E-state index contributed by atoms with van der Waals surface area (Å²) in [6.07, 6.45) is 0. The van der Waals surface area contributed by atoms with Crippen molar-refractivity contribution < 1.29 is 9.47 Å². The molecule has 0 aromatic heterocycles. The Labute approximate surface area is 126 Å². The van der Waals surface area contributed by atoms with E-state index >= 15 is 0 Å².